The van der Waals surface area contributed by atoms with E-state index in [-0.39, 0.29) is 34.6 Å². The molecular formula is C21H18ClF2N3O3. The SMILES string of the molecule is CC(=O)c1ncc(C)c(-n2c(C)cc(OCc3ncc(F)cc3F)c(Cl)c2=O)c1C. The van der Waals surface area contributed by atoms with Gasteiger partial charge in [-0.2, -0.15) is 0 Å². The van der Waals surface area contributed by atoms with Gasteiger partial charge in [0.05, 0.1) is 11.9 Å². The van der Waals surface area contributed by atoms with Crippen LogP contribution in [0.25, 0.3) is 5.69 Å². The Balaban J connectivity index is 2.05. The lowest BCUT2D eigenvalue weighted by molar-refractivity contribution is 0.101. The normalized spacial score (nSPS) is 10.9. The molecule has 0 atom stereocenters. The predicted octanol–water partition coefficient (Wildman–Crippen LogP) is 4.27. The van der Waals surface area contributed by atoms with Crippen LogP contribution in [0.4, 0.5) is 8.78 Å². The summed E-state index contributed by atoms with van der Waals surface area (Å²) in [6, 6.07) is 2.22. The molecule has 3 aromatic rings. The smallest absolute Gasteiger partial charge is 0.277 e. The van der Waals surface area contributed by atoms with E-state index in [4.69, 9.17) is 16.3 Å². The summed E-state index contributed by atoms with van der Waals surface area (Å²) in [5.74, 6) is -1.85. The van der Waals surface area contributed by atoms with Crippen LogP contribution < -0.4 is 10.3 Å². The Kier molecular flexibility index (Phi) is 5.98. The number of ether oxygens (including phenoxy) is 1. The van der Waals surface area contributed by atoms with Crippen molar-refractivity contribution in [3.8, 4) is 11.4 Å². The first-order valence-corrected chi connectivity index (χ1v) is 9.32. The Hall–Kier alpha value is -3.13. The third-order valence-corrected chi connectivity index (χ3v) is 4.92. The van der Waals surface area contributed by atoms with Gasteiger partial charge in [0.1, 0.15) is 34.6 Å². The third-order valence-electron chi connectivity index (χ3n) is 4.58. The molecule has 3 heterocycles. The largest absolute Gasteiger partial charge is 0.485 e. The monoisotopic (exact) mass is 433 g/mol. The maximum absolute atomic E-state index is 13.8. The average Bonchev–Trinajstić information content (AvgIpc) is 2.66. The maximum atomic E-state index is 13.8. The van der Waals surface area contributed by atoms with Crippen molar-refractivity contribution in [1.82, 2.24) is 14.5 Å². The van der Waals surface area contributed by atoms with Gasteiger partial charge < -0.3 is 4.74 Å². The highest BCUT2D eigenvalue weighted by Gasteiger charge is 2.20. The number of aryl methyl sites for hydroxylation is 2. The van der Waals surface area contributed by atoms with E-state index in [9.17, 15) is 18.4 Å². The molecule has 0 amide bonds. The molecule has 9 heteroatoms. The van der Waals surface area contributed by atoms with Crippen molar-refractivity contribution >= 4 is 17.4 Å². The first-order chi connectivity index (χ1) is 14.1. The molecule has 0 N–H and O–H groups in total. The second kappa shape index (κ2) is 8.31. The Morgan fingerprint density at radius 3 is 2.50 bits per heavy atom. The van der Waals surface area contributed by atoms with E-state index in [2.05, 4.69) is 9.97 Å². The fourth-order valence-corrected chi connectivity index (χ4v) is 3.38. The highest BCUT2D eigenvalue weighted by atomic mass is 35.5. The van der Waals surface area contributed by atoms with Crippen molar-refractivity contribution in [2.75, 3.05) is 0 Å². The molecule has 3 rings (SSSR count). The second-order valence-corrected chi connectivity index (χ2v) is 7.17. The van der Waals surface area contributed by atoms with E-state index in [1.54, 1.807) is 20.8 Å². The number of hydrogen-bond donors (Lipinski definition) is 0. The first kappa shape index (κ1) is 21.6. The Morgan fingerprint density at radius 2 is 1.87 bits per heavy atom. The highest BCUT2D eigenvalue weighted by Crippen LogP contribution is 2.27. The van der Waals surface area contributed by atoms with Crippen LogP contribution in [0.3, 0.4) is 0 Å². The van der Waals surface area contributed by atoms with Crippen molar-refractivity contribution in [1.29, 1.82) is 0 Å². The molecule has 156 valence electrons. The summed E-state index contributed by atoms with van der Waals surface area (Å²) < 4.78 is 33.6. The standard InChI is InChI=1S/C21H18ClF2N3O3/c1-10-7-26-19(13(4)28)12(3)20(10)27-11(2)5-17(18(22)21(27)29)30-9-16-15(24)6-14(23)8-25-16/h5-8H,9H2,1-4H3. The molecule has 0 saturated carbocycles. The van der Waals surface area contributed by atoms with Crippen molar-refractivity contribution in [2.24, 2.45) is 0 Å². The summed E-state index contributed by atoms with van der Waals surface area (Å²) in [5.41, 5.74) is 1.81. The summed E-state index contributed by atoms with van der Waals surface area (Å²) >= 11 is 6.24. The molecular weight excluding hydrogens is 416 g/mol. The molecule has 0 aromatic carbocycles. The van der Waals surface area contributed by atoms with Crippen LogP contribution in [0.2, 0.25) is 5.02 Å². The zero-order chi connectivity index (χ0) is 22.2. The van der Waals surface area contributed by atoms with E-state index >= 15 is 0 Å². The zero-order valence-corrected chi connectivity index (χ0v) is 17.5. The van der Waals surface area contributed by atoms with Crippen LogP contribution in [0.15, 0.2) is 29.3 Å². The maximum Gasteiger partial charge on any atom is 0.277 e. The highest BCUT2D eigenvalue weighted by molar-refractivity contribution is 6.31. The van der Waals surface area contributed by atoms with Gasteiger partial charge in [0.2, 0.25) is 0 Å². The van der Waals surface area contributed by atoms with E-state index in [1.165, 1.54) is 23.8 Å². The molecule has 0 spiro atoms. The third kappa shape index (κ3) is 3.95. The minimum atomic E-state index is -0.865. The van der Waals surface area contributed by atoms with Crippen LogP contribution in [0, 0.1) is 32.4 Å². The van der Waals surface area contributed by atoms with Crippen LogP contribution in [-0.4, -0.2) is 20.3 Å². The Morgan fingerprint density at radius 1 is 1.17 bits per heavy atom. The number of halogens is 3. The van der Waals surface area contributed by atoms with Gasteiger partial charge in [0.25, 0.3) is 5.56 Å². The first-order valence-electron chi connectivity index (χ1n) is 8.94. The number of rotatable bonds is 5. The number of ketones is 1. The lowest BCUT2D eigenvalue weighted by atomic mass is 10.1. The molecule has 0 unspecified atom stereocenters. The van der Waals surface area contributed by atoms with Crippen LogP contribution in [0.5, 0.6) is 5.75 Å². The molecule has 0 saturated heterocycles. The van der Waals surface area contributed by atoms with Gasteiger partial charge in [0.15, 0.2) is 11.6 Å². The molecule has 6 nitrogen and oxygen atoms in total. The fraction of sp³-hybridized carbons (Fsp3) is 0.238. The van der Waals surface area contributed by atoms with Gasteiger partial charge in [-0.05, 0) is 26.3 Å². The van der Waals surface area contributed by atoms with E-state index in [0.717, 1.165) is 6.20 Å². The lowest BCUT2D eigenvalue weighted by Gasteiger charge is -2.18. The number of carbonyl (C=O) groups excluding carboxylic acids is 1. The Bertz CT molecular complexity index is 1230. The molecule has 0 aliphatic carbocycles. The van der Waals surface area contributed by atoms with Crippen molar-refractivity contribution < 1.29 is 18.3 Å². The van der Waals surface area contributed by atoms with Gasteiger partial charge in [-0.25, -0.2) is 8.78 Å². The van der Waals surface area contributed by atoms with Gasteiger partial charge >= 0.3 is 0 Å². The van der Waals surface area contributed by atoms with Crippen LogP contribution >= 0.6 is 11.6 Å². The van der Waals surface area contributed by atoms with Gasteiger partial charge in [-0.1, -0.05) is 11.6 Å². The van der Waals surface area contributed by atoms with Gasteiger partial charge in [-0.15, -0.1) is 0 Å². The van der Waals surface area contributed by atoms with E-state index in [1.807, 2.05) is 0 Å². The second-order valence-electron chi connectivity index (χ2n) is 6.79. The van der Waals surface area contributed by atoms with Crippen molar-refractivity contribution in [3.63, 3.8) is 0 Å². The molecule has 0 bridgehead atoms. The lowest BCUT2D eigenvalue weighted by Crippen LogP contribution is -2.24. The van der Waals surface area contributed by atoms with E-state index < -0.39 is 17.2 Å². The topological polar surface area (TPSA) is 74.1 Å². The fourth-order valence-electron chi connectivity index (χ4n) is 3.19. The minimum Gasteiger partial charge on any atom is -0.485 e. The molecule has 0 radical (unpaired) electrons. The quantitative estimate of drug-likeness (QED) is 0.562. The number of aromatic nitrogens is 3. The molecule has 30 heavy (non-hydrogen) atoms. The number of hydrogen-bond acceptors (Lipinski definition) is 5. The predicted molar refractivity (Wildman–Crippen MR) is 108 cm³/mol. The molecule has 3 aromatic heterocycles. The van der Waals surface area contributed by atoms with Gasteiger partial charge in [0, 0.05) is 36.5 Å². The molecule has 0 aliphatic heterocycles. The number of pyridine rings is 3. The summed E-state index contributed by atoms with van der Waals surface area (Å²) in [4.78, 5) is 32.7. The summed E-state index contributed by atoms with van der Waals surface area (Å²) in [5, 5.41) is -0.219. The minimum absolute atomic E-state index is 0.0390. The number of Topliss-reactive ketones (excluding diaryl/α,β-unsaturated/α-hetero) is 1. The summed E-state index contributed by atoms with van der Waals surface area (Å²) in [7, 11) is 0. The van der Waals surface area contributed by atoms with Gasteiger partial charge in [-0.3, -0.25) is 24.1 Å². The van der Waals surface area contributed by atoms with Crippen molar-refractivity contribution in [3.05, 3.63) is 79.7 Å². The van der Waals surface area contributed by atoms with Crippen LogP contribution in [0.1, 0.15) is 39.9 Å². The molecule has 0 aliphatic rings. The van der Waals surface area contributed by atoms with E-state index in [0.29, 0.717) is 28.6 Å². The molecule has 0 fully saturated rings. The van der Waals surface area contributed by atoms with Crippen LogP contribution in [-0.2, 0) is 6.61 Å². The number of carbonyl (C=O) groups is 1. The number of nitrogens with zero attached hydrogens (tertiary/aromatic N) is 3. The Labute approximate surface area is 176 Å². The van der Waals surface area contributed by atoms with Crippen molar-refractivity contribution in [2.45, 2.75) is 34.3 Å². The summed E-state index contributed by atoms with van der Waals surface area (Å²) in [6.07, 6.45) is 2.39. The zero-order valence-electron chi connectivity index (χ0n) is 16.7. The average molecular weight is 434 g/mol. The summed E-state index contributed by atoms with van der Waals surface area (Å²) in [6.45, 7) is 6.22.